The maximum atomic E-state index is 6.28. The van der Waals surface area contributed by atoms with Crippen LogP contribution in [0.5, 0.6) is 6.01 Å². The summed E-state index contributed by atoms with van der Waals surface area (Å²) in [5.41, 5.74) is 0. The molecule has 0 amide bonds. The van der Waals surface area contributed by atoms with Gasteiger partial charge in [0, 0.05) is 13.1 Å². The van der Waals surface area contributed by atoms with E-state index >= 15 is 0 Å². The van der Waals surface area contributed by atoms with Crippen LogP contribution >= 0.6 is 23.2 Å². The van der Waals surface area contributed by atoms with Crippen LogP contribution in [-0.2, 0) is 0 Å². The monoisotopic (exact) mass is 275 g/mol. The quantitative estimate of drug-likeness (QED) is 0.778. The highest BCUT2D eigenvalue weighted by atomic mass is 35.5. The van der Waals surface area contributed by atoms with E-state index in [1.807, 2.05) is 0 Å². The summed E-state index contributed by atoms with van der Waals surface area (Å²) in [6, 6.07) is 0.328. The molecule has 2 atom stereocenters. The van der Waals surface area contributed by atoms with Crippen LogP contribution in [0.25, 0.3) is 0 Å². The molecule has 0 saturated carbocycles. The predicted molar refractivity (Wildman–Crippen MR) is 69.2 cm³/mol. The van der Waals surface area contributed by atoms with E-state index in [9.17, 15) is 0 Å². The zero-order valence-corrected chi connectivity index (χ0v) is 11.4. The molecule has 0 aromatic carbocycles. The van der Waals surface area contributed by atoms with Gasteiger partial charge in [-0.2, -0.15) is 4.98 Å². The standard InChI is InChI=1S/C11H15Cl2N3O/c1-7-3-4-16(6-9(7)13)10-8(12)5-14-11(15-10)17-2/h5,7,9H,3-4,6H2,1-2H3. The van der Waals surface area contributed by atoms with Gasteiger partial charge in [-0.1, -0.05) is 18.5 Å². The van der Waals surface area contributed by atoms with Gasteiger partial charge in [0.05, 0.1) is 18.7 Å². The van der Waals surface area contributed by atoms with Crippen molar-refractivity contribution in [2.45, 2.75) is 18.7 Å². The van der Waals surface area contributed by atoms with Crippen LogP contribution in [0.2, 0.25) is 5.02 Å². The van der Waals surface area contributed by atoms with E-state index in [2.05, 4.69) is 21.8 Å². The van der Waals surface area contributed by atoms with E-state index in [-0.39, 0.29) is 5.38 Å². The molecule has 1 saturated heterocycles. The number of nitrogens with zero attached hydrogens (tertiary/aromatic N) is 3. The molecule has 0 aliphatic carbocycles. The number of rotatable bonds is 2. The Morgan fingerprint density at radius 3 is 2.94 bits per heavy atom. The van der Waals surface area contributed by atoms with E-state index in [1.165, 1.54) is 7.11 Å². The van der Waals surface area contributed by atoms with Gasteiger partial charge in [0.2, 0.25) is 0 Å². The van der Waals surface area contributed by atoms with Crippen molar-refractivity contribution in [3.63, 3.8) is 0 Å². The number of alkyl halides is 1. The van der Waals surface area contributed by atoms with Crippen LogP contribution in [0.3, 0.4) is 0 Å². The second-order valence-electron chi connectivity index (χ2n) is 4.26. The number of aromatic nitrogens is 2. The van der Waals surface area contributed by atoms with Gasteiger partial charge in [-0.05, 0) is 12.3 Å². The molecule has 1 aromatic rings. The summed E-state index contributed by atoms with van der Waals surface area (Å²) in [5, 5.41) is 0.657. The molecule has 1 aliphatic heterocycles. The largest absolute Gasteiger partial charge is 0.467 e. The van der Waals surface area contributed by atoms with Crippen molar-refractivity contribution in [1.29, 1.82) is 0 Å². The van der Waals surface area contributed by atoms with Crippen molar-refractivity contribution in [1.82, 2.24) is 9.97 Å². The highest BCUT2D eigenvalue weighted by molar-refractivity contribution is 6.32. The van der Waals surface area contributed by atoms with Gasteiger partial charge in [-0.25, -0.2) is 4.98 Å². The van der Waals surface area contributed by atoms with Crippen LogP contribution in [0, 0.1) is 5.92 Å². The first-order valence-electron chi connectivity index (χ1n) is 5.57. The minimum atomic E-state index is 0.126. The van der Waals surface area contributed by atoms with Gasteiger partial charge < -0.3 is 9.64 Å². The maximum absolute atomic E-state index is 6.28. The summed E-state index contributed by atoms with van der Waals surface area (Å²) in [7, 11) is 1.54. The van der Waals surface area contributed by atoms with Crippen molar-refractivity contribution in [2.24, 2.45) is 5.92 Å². The third-order valence-electron chi connectivity index (χ3n) is 3.05. The molecule has 17 heavy (non-hydrogen) atoms. The molecular formula is C11H15Cl2N3O. The molecule has 1 aromatic heterocycles. The molecule has 0 spiro atoms. The Bertz CT molecular complexity index is 402. The Balaban J connectivity index is 2.21. The smallest absolute Gasteiger partial charge is 0.318 e. The minimum Gasteiger partial charge on any atom is -0.467 e. The molecule has 0 radical (unpaired) electrons. The fourth-order valence-electron chi connectivity index (χ4n) is 1.88. The fraction of sp³-hybridized carbons (Fsp3) is 0.636. The summed E-state index contributed by atoms with van der Waals surface area (Å²) in [6.45, 7) is 3.82. The highest BCUT2D eigenvalue weighted by Crippen LogP contribution is 2.30. The molecule has 2 unspecified atom stereocenters. The molecule has 1 fully saturated rings. The normalized spacial score (nSPS) is 24.8. The molecule has 94 valence electrons. The molecule has 0 bridgehead atoms. The van der Waals surface area contributed by atoms with E-state index in [0.717, 1.165) is 19.5 Å². The van der Waals surface area contributed by atoms with Gasteiger partial charge in [0.25, 0.3) is 0 Å². The van der Waals surface area contributed by atoms with Crippen molar-refractivity contribution >= 4 is 29.0 Å². The Hall–Kier alpha value is -0.740. The minimum absolute atomic E-state index is 0.126. The average molecular weight is 276 g/mol. The number of halogens is 2. The lowest BCUT2D eigenvalue weighted by atomic mass is 9.99. The third-order valence-corrected chi connectivity index (χ3v) is 3.89. The molecule has 4 nitrogen and oxygen atoms in total. The van der Waals surface area contributed by atoms with Gasteiger partial charge in [0.15, 0.2) is 5.82 Å². The zero-order chi connectivity index (χ0) is 12.4. The summed E-state index contributed by atoms with van der Waals surface area (Å²) in [6.07, 6.45) is 2.60. The third kappa shape index (κ3) is 2.75. The Morgan fingerprint density at radius 1 is 1.53 bits per heavy atom. The number of methoxy groups -OCH3 is 1. The summed E-state index contributed by atoms with van der Waals surface area (Å²) >= 11 is 12.4. The number of hydrogen-bond donors (Lipinski definition) is 0. The second kappa shape index (κ2) is 5.27. The molecule has 2 heterocycles. The lowest BCUT2D eigenvalue weighted by Crippen LogP contribution is -2.41. The van der Waals surface area contributed by atoms with E-state index in [0.29, 0.717) is 22.8 Å². The van der Waals surface area contributed by atoms with Crippen LogP contribution in [0.15, 0.2) is 6.20 Å². The molecule has 1 aliphatic rings. The van der Waals surface area contributed by atoms with E-state index in [1.54, 1.807) is 6.20 Å². The Labute approximate surface area is 111 Å². The van der Waals surface area contributed by atoms with Crippen LogP contribution < -0.4 is 9.64 Å². The fourth-order valence-corrected chi connectivity index (χ4v) is 2.38. The summed E-state index contributed by atoms with van der Waals surface area (Å²) in [4.78, 5) is 10.3. The maximum Gasteiger partial charge on any atom is 0.318 e. The van der Waals surface area contributed by atoms with Gasteiger partial charge in [-0.3, -0.25) is 0 Å². The van der Waals surface area contributed by atoms with Crippen molar-refractivity contribution in [3.8, 4) is 6.01 Å². The molecule has 2 rings (SSSR count). The van der Waals surface area contributed by atoms with Crippen LogP contribution in [-0.4, -0.2) is 35.5 Å². The van der Waals surface area contributed by atoms with Gasteiger partial charge in [0.1, 0.15) is 5.02 Å². The highest BCUT2D eigenvalue weighted by Gasteiger charge is 2.26. The first kappa shape index (κ1) is 12.7. The Kier molecular flexibility index (Phi) is 3.94. The van der Waals surface area contributed by atoms with E-state index < -0.39 is 0 Å². The predicted octanol–water partition coefficient (Wildman–Crippen LogP) is 2.59. The molecule has 6 heteroatoms. The number of piperidine rings is 1. The second-order valence-corrected chi connectivity index (χ2v) is 5.22. The van der Waals surface area contributed by atoms with Crippen LogP contribution in [0.1, 0.15) is 13.3 Å². The zero-order valence-electron chi connectivity index (χ0n) is 9.86. The lowest BCUT2D eigenvalue weighted by Gasteiger charge is -2.35. The molecule has 0 N–H and O–H groups in total. The Morgan fingerprint density at radius 2 is 2.29 bits per heavy atom. The van der Waals surface area contributed by atoms with Gasteiger partial charge in [-0.15, -0.1) is 11.6 Å². The summed E-state index contributed by atoms with van der Waals surface area (Å²) < 4.78 is 5.01. The lowest BCUT2D eigenvalue weighted by molar-refractivity contribution is 0.378. The number of ether oxygens (including phenoxy) is 1. The van der Waals surface area contributed by atoms with Gasteiger partial charge >= 0.3 is 6.01 Å². The average Bonchev–Trinajstić information content (AvgIpc) is 2.33. The van der Waals surface area contributed by atoms with Crippen molar-refractivity contribution in [2.75, 3.05) is 25.1 Å². The number of anilines is 1. The molecular weight excluding hydrogens is 261 g/mol. The van der Waals surface area contributed by atoms with Crippen molar-refractivity contribution < 1.29 is 4.74 Å². The summed E-state index contributed by atoms with van der Waals surface area (Å²) in [5.74, 6) is 1.23. The van der Waals surface area contributed by atoms with Crippen molar-refractivity contribution in [3.05, 3.63) is 11.2 Å². The first-order valence-corrected chi connectivity index (χ1v) is 6.38. The van der Waals surface area contributed by atoms with E-state index in [4.69, 9.17) is 27.9 Å². The SMILES string of the molecule is COc1ncc(Cl)c(N2CCC(C)C(Cl)C2)n1. The topological polar surface area (TPSA) is 38.2 Å². The number of hydrogen-bond acceptors (Lipinski definition) is 4. The first-order chi connectivity index (χ1) is 8.11. The van der Waals surface area contributed by atoms with Crippen LogP contribution in [0.4, 0.5) is 5.82 Å².